The quantitative estimate of drug-likeness (QED) is 0.751. The summed E-state index contributed by atoms with van der Waals surface area (Å²) in [5, 5.41) is 6.23. The van der Waals surface area contributed by atoms with Crippen molar-refractivity contribution in [2.45, 2.75) is 38.0 Å². The van der Waals surface area contributed by atoms with Crippen LogP contribution in [0.4, 0.5) is 0 Å². The van der Waals surface area contributed by atoms with Gasteiger partial charge in [0.2, 0.25) is 5.91 Å². The lowest BCUT2D eigenvalue weighted by atomic mass is 9.60. The first-order valence-corrected chi connectivity index (χ1v) is 11.1. The zero-order chi connectivity index (χ0) is 22.3. The van der Waals surface area contributed by atoms with Crippen LogP contribution in [0.25, 0.3) is 0 Å². The van der Waals surface area contributed by atoms with E-state index in [1.54, 1.807) is 32.4 Å². The number of carbonyl (C=O) groups excluding carboxylic acids is 2. The van der Waals surface area contributed by atoms with E-state index in [2.05, 4.69) is 10.6 Å². The van der Waals surface area contributed by atoms with Gasteiger partial charge in [0.05, 0.1) is 19.8 Å². The lowest BCUT2D eigenvalue weighted by Gasteiger charge is -2.55. The van der Waals surface area contributed by atoms with Gasteiger partial charge in [0.15, 0.2) is 5.72 Å². The highest BCUT2D eigenvalue weighted by molar-refractivity contribution is 5.98. The van der Waals surface area contributed by atoms with Crippen LogP contribution < -0.4 is 24.8 Å². The van der Waals surface area contributed by atoms with Crippen LogP contribution in [0.15, 0.2) is 42.5 Å². The topological polar surface area (TPSA) is 85.9 Å². The summed E-state index contributed by atoms with van der Waals surface area (Å²) in [5.41, 5.74) is 0.719. The zero-order valence-electron chi connectivity index (χ0n) is 18.4. The molecule has 1 heterocycles. The molecule has 2 aromatic carbocycles. The summed E-state index contributed by atoms with van der Waals surface area (Å²) in [4.78, 5) is 25.9. The second-order valence-electron chi connectivity index (χ2n) is 8.92. The van der Waals surface area contributed by atoms with Crippen LogP contribution >= 0.6 is 0 Å². The number of amides is 2. The summed E-state index contributed by atoms with van der Waals surface area (Å²) in [6, 6.07) is 13.0. The number of carbonyl (C=O) groups is 2. The number of para-hydroxylation sites is 1. The Kier molecular flexibility index (Phi) is 5.19. The van der Waals surface area contributed by atoms with E-state index in [4.69, 9.17) is 14.2 Å². The maximum atomic E-state index is 13.1. The minimum atomic E-state index is -0.751. The van der Waals surface area contributed by atoms with Crippen LogP contribution in [0.3, 0.4) is 0 Å². The van der Waals surface area contributed by atoms with Crippen molar-refractivity contribution in [3.8, 4) is 17.2 Å². The summed E-state index contributed by atoms with van der Waals surface area (Å²) >= 11 is 0. The van der Waals surface area contributed by atoms with Crippen LogP contribution in [0.5, 0.6) is 17.2 Å². The fraction of sp³-hybridized carbons (Fsp3) is 0.440. The Hall–Kier alpha value is -3.22. The highest BCUT2D eigenvalue weighted by Crippen LogP contribution is 2.52. The van der Waals surface area contributed by atoms with Crippen LogP contribution in [0, 0.1) is 17.8 Å². The van der Waals surface area contributed by atoms with E-state index in [-0.39, 0.29) is 29.6 Å². The molecular formula is C25H28N2O5. The normalized spacial score (nSPS) is 27.8. The molecule has 2 aromatic rings. The van der Waals surface area contributed by atoms with Gasteiger partial charge in [0.25, 0.3) is 5.91 Å². The standard InChI is InChI=1S/C25H28N2O5/c1-30-18-9-10-19-22(12-18)32-25(27-24(19)29)13-15-7-8-17(25)11-20(15)23(28)26-14-16-5-3-4-6-21(16)31-2/h3-6,9-10,12,15,17,20H,7-8,11,13-14H2,1-2H3,(H,26,28)(H,27,29)/t15-,17+,20-,25+/m1/s1. The minimum Gasteiger partial charge on any atom is -0.497 e. The molecule has 168 valence electrons. The molecule has 3 fully saturated rings. The van der Waals surface area contributed by atoms with E-state index < -0.39 is 5.72 Å². The van der Waals surface area contributed by atoms with Gasteiger partial charge in [-0.1, -0.05) is 18.2 Å². The second-order valence-corrected chi connectivity index (χ2v) is 8.92. The number of hydrogen-bond acceptors (Lipinski definition) is 5. The van der Waals surface area contributed by atoms with Crippen molar-refractivity contribution in [3.05, 3.63) is 53.6 Å². The first-order valence-electron chi connectivity index (χ1n) is 11.1. The second kappa shape index (κ2) is 8.04. The van der Waals surface area contributed by atoms with E-state index in [1.807, 2.05) is 24.3 Å². The van der Waals surface area contributed by atoms with Crippen molar-refractivity contribution >= 4 is 11.8 Å². The monoisotopic (exact) mass is 436 g/mol. The van der Waals surface area contributed by atoms with Crippen LogP contribution in [0.2, 0.25) is 0 Å². The van der Waals surface area contributed by atoms with E-state index in [1.165, 1.54) is 0 Å². The lowest BCUT2D eigenvalue weighted by Crippen LogP contribution is -2.66. The molecule has 7 heteroatoms. The number of rotatable bonds is 5. The van der Waals surface area contributed by atoms with Gasteiger partial charge in [-0.15, -0.1) is 0 Å². The highest BCUT2D eigenvalue weighted by atomic mass is 16.5. The molecule has 2 N–H and O–H groups in total. The molecule has 2 amide bonds. The Bertz CT molecular complexity index is 1050. The molecule has 2 bridgehead atoms. The number of methoxy groups -OCH3 is 2. The fourth-order valence-electron chi connectivity index (χ4n) is 5.60. The molecule has 0 aromatic heterocycles. The van der Waals surface area contributed by atoms with Crippen molar-refractivity contribution in [2.75, 3.05) is 14.2 Å². The lowest BCUT2D eigenvalue weighted by molar-refractivity contribution is -0.146. The van der Waals surface area contributed by atoms with E-state index >= 15 is 0 Å². The molecule has 3 saturated carbocycles. The Balaban J connectivity index is 1.30. The molecule has 4 atom stereocenters. The summed E-state index contributed by atoms with van der Waals surface area (Å²) in [7, 11) is 3.23. The van der Waals surface area contributed by atoms with Crippen molar-refractivity contribution in [2.24, 2.45) is 17.8 Å². The molecule has 1 aliphatic heterocycles. The number of hydrogen-bond donors (Lipinski definition) is 2. The van der Waals surface area contributed by atoms with E-state index in [9.17, 15) is 9.59 Å². The van der Waals surface area contributed by atoms with E-state index in [0.29, 0.717) is 36.4 Å². The summed E-state index contributed by atoms with van der Waals surface area (Å²) in [6.07, 6.45) is 3.22. The van der Waals surface area contributed by atoms with Gasteiger partial charge in [0.1, 0.15) is 17.2 Å². The Morgan fingerprint density at radius 1 is 1.19 bits per heavy atom. The largest absolute Gasteiger partial charge is 0.497 e. The average molecular weight is 437 g/mol. The zero-order valence-corrected chi connectivity index (χ0v) is 18.4. The van der Waals surface area contributed by atoms with Crippen LogP contribution in [0.1, 0.15) is 41.6 Å². The maximum absolute atomic E-state index is 13.1. The van der Waals surface area contributed by atoms with Crippen molar-refractivity contribution in [1.82, 2.24) is 10.6 Å². The molecule has 3 aliphatic carbocycles. The van der Waals surface area contributed by atoms with Gasteiger partial charge in [0, 0.05) is 36.4 Å². The molecule has 0 unspecified atom stereocenters. The predicted molar refractivity (Wildman–Crippen MR) is 118 cm³/mol. The first-order chi connectivity index (χ1) is 15.5. The van der Waals surface area contributed by atoms with Crippen molar-refractivity contribution in [3.63, 3.8) is 0 Å². The summed E-state index contributed by atoms with van der Waals surface area (Å²) in [6.45, 7) is 0.433. The highest BCUT2D eigenvalue weighted by Gasteiger charge is 2.57. The van der Waals surface area contributed by atoms with Gasteiger partial charge in [-0.25, -0.2) is 0 Å². The third kappa shape index (κ3) is 3.45. The number of nitrogens with one attached hydrogen (secondary N) is 2. The van der Waals surface area contributed by atoms with E-state index in [0.717, 1.165) is 24.2 Å². The Morgan fingerprint density at radius 3 is 2.78 bits per heavy atom. The molecular weight excluding hydrogens is 408 g/mol. The summed E-state index contributed by atoms with van der Waals surface area (Å²) < 4.78 is 17.1. The molecule has 4 aliphatic rings. The number of benzene rings is 2. The van der Waals surface area contributed by atoms with Gasteiger partial charge >= 0.3 is 0 Å². The number of fused-ring (bicyclic) bond motifs is 3. The van der Waals surface area contributed by atoms with Crippen molar-refractivity contribution < 1.29 is 23.8 Å². The van der Waals surface area contributed by atoms with Crippen LogP contribution in [-0.4, -0.2) is 31.8 Å². The summed E-state index contributed by atoms with van der Waals surface area (Å²) in [5.74, 6) is 2.07. The average Bonchev–Trinajstić information content (AvgIpc) is 2.82. The first kappa shape index (κ1) is 20.7. The van der Waals surface area contributed by atoms with Crippen LogP contribution in [-0.2, 0) is 11.3 Å². The maximum Gasteiger partial charge on any atom is 0.258 e. The van der Waals surface area contributed by atoms with Crippen molar-refractivity contribution in [1.29, 1.82) is 0 Å². The Labute approximate surface area is 187 Å². The third-order valence-electron chi connectivity index (χ3n) is 7.25. The predicted octanol–water partition coefficient (Wildman–Crippen LogP) is 3.27. The number of ether oxygens (including phenoxy) is 3. The molecule has 1 spiro atoms. The minimum absolute atomic E-state index is 0.0599. The van der Waals surface area contributed by atoms with Gasteiger partial charge < -0.3 is 24.8 Å². The molecule has 7 nitrogen and oxygen atoms in total. The molecule has 6 rings (SSSR count). The smallest absolute Gasteiger partial charge is 0.258 e. The van der Waals surface area contributed by atoms with Gasteiger partial charge in [-0.3, -0.25) is 9.59 Å². The molecule has 32 heavy (non-hydrogen) atoms. The van der Waals surface area contributed by atoms with Gasteiger partial charge in [-0.2, -0.15) is 0 Å². The molecule has 0 saturated heterocycles. The van der Waals surface area contributed by atoms with Gasteiger partial charge in [-0.05, 0) is 43.4 Å². The third-order valence-corrected chi connectivity index (χ3v) is 7.25. The SMILES string of the molecule is COc1ccc2c(c1)O[C@]1(C[C@H]3CC[C@H]1C[C@H]3C(=O)NCc1ccccc1OC)NC2=O. The fourth-order valence-corrected chi connectivity index (χ4v) is 5.60. The molecule has 0 radical (unpaired) electrons. The Morgan fingerprint density at radius 2 is 2.03 bits per heavy atom.